The topological polar surface area (TPSA) is 318 Å². The molecule has 3 fully saturated rings. The fourth-order valence-corrected chi connectivity index (χ4v) is 5.01. The fraction of sp³-hybridized carbons (Fsp3) is 0.957. The van der Waals surface area contributed by atoms with Crippen LogP contribution in [0, 0.1) is 0 Å². The van der Waals surface area contributed by atoms with E-state index < -0.39 is 136 Å². The fourth-order valence-electron chi connectivity index (χ4n) is 5.01. The van der Waals surface area contributed by atoms with Gasteiger partial charge in [-0.25, -0.2) is 0 Å². The summed E-state index contributed by atoms with van der Waals surface area (Å²) >= 11 is 0. The summed E-state index contributed by atoms with van der Waals surface area (Å²) in [5, 5.41) is 124. The van der Waals surface area contributed by atoms with E-state index in [2.05, 4.69) is 5.32 Å². The van der Waals surface area contributed by atoms with Crippen molar-refractivity contribution < 1.29 is 89.8 Å². The minimum absolute atomic E-state index is 0.631. The summed E-state index contributed by atoms with van der Waals surface area (Å²) in [4.78, 5) is 11.6. The van der Waals surface area contributed by atoms with Crippen molar-refractivity contribution in [1.82, 2.24) is 5.32 Å². The standard InChI is InChI=1S/C23H41NO18/c1-7(27)24-12-8(28)2-23(37,42-19(12)13(30)9(29)3-25)6-39-20-17(34)14(31)10(4-26)41-22(20)38-5-11-15(32)16(33)18(35)21(36)40-11/h8-22,25-26,28-37H,2-6H2,1H3,(H,24,27)/t8-,9+,10+,11+,12+,13+,14-,15+,16-,17-,18+,19+,20+,21+,22-,23-/m0/s1. The number of carbonyl (C=O) groups is 1. The summed E-state index contributed by atoms with van der Waals surface area (Å²) in [6.45, 7) is -2.14. The van der Waals surface area contributed by atoms with Crippen LogP contribution < -0.4 is 5.32 Å². The van der Waals surface area contributed by atoms with Gasteiger partial charge in [0.15, 0.2) is 18.4 Å². The molecule has 19 heteroatoms. The van der Waals surface area contributed by atoms with Crippen LogP contribution in [0.1, 0.15) is 13.3 Å². The van der Waals surface area contributed by atoms with Crippen LogP contribution in [-0.4, -0.2) is 191 Å². The molecule has 0 saturated carbocycles. The van der Waals surface area contributed by atoms with E-state index in [1.54, 1.807) is 0 Å². The molecule has 0 spiro atoms. The Morgan fingerprint density at radius 2 is 1.57 bits per heavy atom. The first kappa shape index (κ1) is 35.3. The Hall–Kier alpha value is -1.21. The van der Waals surface area contributed by atoms with E-state index >= 15 is 0 Å². The lowest BCUT2D eigenvalue weighted by Crippen LogP contribution is -2.67. The van der Waals surface area contributed by atoms with E-state index in [9.17, 15) is 66.1 Å². The Kier molecular flexibility index (Phi) is 12.4. The molecule has 3 aliphatic heterocycles. The zero-order valence-corrected chi connectivity index (χ0v) is 22.5. The molecule has 0 aliphatic carbocycles. The highest BCUT2D eigenvalue weighted by Gasteiger charge is 2.53. The zero-order valence-electron chi connectivity index (χ0n) is 22.5. The van der Waals surface area contributed by atoms with E-state index in [4.69, 9.17) is 23.7 Å². The smallest absolute Gasteiger partial charge is 0.217 e. The molecule has 3 saturated heterocycles. The lowest BCUT2D eigenvalue weighted by Gasteiger charge is -2.47. The average Bonchev–Trinajstić information content (AvgIpc) is 2.94. The third kappa shape index (κ3) is 7.89. The van der Waals surface area contributed by atoms with E-state index in [0.29, 0.717) is 0 Å². The van der Waals surface area contributed by atoms with E-state index in [1.807, 2.05) is 0 Å². The lowest BCUT2D eigenvalue weighted by atomic mass is 9.89. The molecule has 16 atom stereocenters. The van der Waals surface area contributed by atoms with Gasteiger partial charge in [-0.2, -0.15) is 0 Å². The van der Waals surface area contributed by atoms with Crippen LogP contribution in [0.4, 0.5) is 0 Å². The van der Waals surface area contributed by atoms with Crippen molar-refractivity contribution in [3.63, 3.8) is 0 Å². The molecular weight excluding hydrogens is 578 g/mol. The first-order valence-electron chi connectivity index (χ1n) is 13.2. The van der Waals surface area contributed by atoms with E-state index in [-0.39, 0.29) is 0 Å². The minimum Gasteiger partial charge on any atom is -0.394 e. The van der Waals surface area contributed by atoms with Gasteiger partial charge in [-0.05, 0) is 0 Å². The first-order chi connectivity index (χ1) is 19.6. The minimum atomic E-state index is -2.45. The molecule has 13 N–H and O–H groups in total. The van der Waals surface area contributed by atoms with Gasteiger partial charge in [0.2, 0.25) is 5.91 Å². The second-order valence-electron chi connectivity index (χ2n) is 10.6. The molecule has 0 bridgehead atoms. The van der Waals surface area contributed by atoms with Gasteiger partial charge in [0.05, 0.1) is 32.0 Å². The molecule has 0 aromatic rings. The highest BCUT2D eigenvalue weighted by Crippen LogP contribution is 2.33. The molecule has 0 radical (unpaired) electrons. The molecule has 246 valence electrons. The number of rotatable bonds is 11. The average molecular weight is 620 g/mol. The third-order valence-corrected chi connectivity index (χ3v) is 7.38. The Morgan fingerprint density at radius 1 is 0.929 bits per heavy atom. The molecular formula is C23H41NO18. The van der Waals surface area contributed by atoms with Gasteiger partial charge in [0, 0.05) is 13.3 Å². The number of amides is 1. The Labute approximate surface area is 239 Å². The van der Waals surface area contributed by atoms with Gasteiger partial charge in [-0.3, -0.25) is 4.79 Å². The van der Waals surface area contributed by atoms with Crippen molar-refractivity contribution in [3.05, 3.63) is 0 Å². The number of aliphatic hydroxyl groups excluding tert-OH is 11. The van der Waals surface area contributed by atoms with Crippen molar-refractivity contribution in [2.45, 2.75) is 111 Å². The van der Waals surface area contributed by atoms with Crippen molar-refractivity contribution in [2.75, 3.05) is 26.4 Å². The van der Waals surface area contributed by atoms with Gasteiger partial charge in [-0.15, -0.1) is 0 Å². The van der Waals surface area contributed by atoms with Crippen LogP contribution in [0.15, 0.2) is 0 Å². The molecule has 3 rings (SSSR count). The molecule has 19 nitrogen and oxygen atoms in total. The predicted molar refractivity (Wildman–Crippen MR) is 130 cm³/mol. The number of carbonyl (C=O) groups excluding carboxylic acids is 1. The first-order valence-corrected chi connectivity index (χ1v) is 13.2. The summed E-state index contributed by atoms with van der Waals surface area (Å²) in [5.41, 5.74) is 0. The maximum absolute atomic E-state index is 11.6. The van der Waals surface area contributed by atoms with Crippen molar-refractivity contribution in [3.8, 4) is 0 Å². The van der Waals surface area contributed by atoms with Gasteiger partial charge in [-0.1, -0.05) is 0 Å². The van der Waals surface area contributed by atoms with Gasteiger partial charge in [0.25, 0.3) is 0 Å². The summed E-state index contributed by atoms with van der Waals surface area (Å²) < 4.78 is 27.1. The molecule has 0 unspecified atom stereocenters. The predicted octanol–water partition coefficient (Wildman–Crippen LogP) is -8.32. The SMILES string of the molecule is CC(=O)N[C@H]1[C@H]([C@H](O)[C@H](O)CO)O[C@](O)(CO[C@H]2[C@@H](OC[C@H]3O[C@@H](O)[C@H](O)[C@@H](O)[C@@H]3O)O[C@H](CO)[C@H](O)[C@@H]2O)C[C@@H]1O. The maximum atomic E-state index is 11.6. The second-order valence-corrected chi connectivity index (χ2v) is 10.6. The lowest BCUT2D eigenvalue weighted by molar-refractivity contribution is -0.354. The molecule has 1 amide bonds. The van der Waals surface area contributed by atoms with Crippen LogP contribution in [0.2, 0.25) is 0 Å². The van der Waals surface area contributed by atoms with Gasteiger partial charge >= 0.3 is 0 Å². The normalized spacial score (nSPS) is 46.2. The van der Waals surface area contributed by atoms with Crippen LogP contribution in [0.5, 0.6) is 0 Å². The Balaban J connectivity index is 1.76. The molecule has 0 aromatic heterocycles. The quantitative estimate of drug-likeness (QED) is 0.102. The maximum Gasteiger partial charge on any atom is 0.217 e. The Bertz CT molecular complexity index is 871. The highest BCUT2D eigenvalue weighted by molar-refractivity contribution is 5.73. The monoisotopic (exact) mass is 619 g/mol. The Morgan fingerprint density at radius 3 is 2.17 bits per heavy atom. The highest BCUT2D eigenvalue weighted by atomic mass is 16.7. The number of aliphatic hydroxyl groups is 12. The summed E-state index contributed by atoms with van der Waals surface area (Å²) in [6, 6.07) is -1.34. The molecule has 0 aromatic carbocycles. The third-order valence-electron chi connectivity index (χ3n) is 7.38. The molecule has 3 heterocycles. The van der Waals surface area contributed by atoms with Crippen LogP contribution in [0.25, 0.3) is 0 Å². The summed E-state index contributed by atoms with van der Waals surface area (Å²) in [6.07, 6.45) is -24.5. The second kappa shape index (κ2) is 14.7. The van der Waals surface area contributed by atoms with Crippen LogP contribution in [-0.2, 0) is 28.5 Å². The molecule has 3 aliphatic rings. The molecule has 42 heavy (non-hydrogen) atoms. The van der Waals surface area contributed by atoms with E-state index in [0.717, 1.165) is 6.92 Å². The van der Waals surface area contributed by atoms with Crippen LogP contribution >= 0.6 is 0 Å². The van der Waals surface area contributed by atoms with E-state index in [1.165, 1.54) is 0 Å². The zero-order chi connectivity index (χ0) is 31.5. The van der Waals surface area contributed by atoms with Crippen molar-refractivity contribution in [2.24, 2.45) is 0 Å². The summed E-state index contributed by atoms with van der Waals surface area (Å²) in [5.74, 6) is -3.10. The van der Waals surface area contributed by atoms with Gasteiger partial charge in [0.1, 0.15) is 73.8 Å². The summed E-state index contributed by atoms with van der Waals surface area (Å²) in [7, 11) is 0. The number of hydrogen-bond donors (Lipinski definition) is 13. The van der Waals surface area contributed by atoms with Gasteiger partial charge < -0.3 is 90.3 Å². The largest absolute Gasteiger partial charge is 0.394 e. The number of ether oxygens (including phenoxy) is 5. The van der Waals surface area contributed by atoms with Crippen molar-refractivity contribution in [1.29, 1.82) is 0 Å². The van der Waals surface area contributed by atoms with Crippen LogP contribution in [0.3, 0.4) is 0 Å². The number of nitrogens with one attached hydrogen (secondary N) is 1. The number of hydrogen-bond acceptors (Lipinski definition) is 18. The van der Waals surface area contributed by atoms with Crippen molar-refractivity contribution >= 4 is 5.91 Å².